The van der Waals surface area contributed by atoms with E-state index in [1.807, 2.05) is 0 Å². The Labute approximate surface area is 125 Å². The molecule has 0 spiro atoms. The average molecular weight is 322 g/mol. The molecule has 4 nitrogen and oxygen atoms in total. The number of hydrogen-bond acceptors (Lipinski definition) is 4. The number of methoxy groups -OCH3 is 1. The summed E-state index contributed by atoms with van der Waals surface area (Å²) in [5, 5.41) is 2.68. The molecule has 0 heterocycles. The number of alkyl halides is 3. The van der Waals surface area contributed by atoms with E-state index in [2.05, 4.69) is 5.32 Å². The van der Waals surface area contributed by atoms with E-state index in [0.717, 1.165) is 23.9 Å². The summed E-state index contributed by atoms with van der Waals surface area (Å²) in [6.07, 6.45) is -3.72. The number of nitrogens with one attached hydrogen (secondary N) is 1. The second-order valence-corrected chi connectivity index (χ2v) is 5.25. The van der Waals surface area contributed by atoms with Crippen LogP contribution in [0.5, 0.6) is 0 Å². The van der Waals surface area contributed by atoms with Crippen LogP contribution in [-0.4, -0.2) is 31.9 Å². The first-order valence-corrected chi connectivity index (χ1v) is 7.18. The third-order valence-corrected chi connectivity index (χ3v) is 3.63. The Hall–Kier alpha value is -1.41. The monoisotopic (exact) mass is 322 g/mol. The minimum atomic E-state index is -4.42. The fourth-order valence-electron chi connectivity index (χ4n) is 1.49. The summed E-state index contributed by atoms with van der Waals surface area (Å²) in [7, 11) is 1.57. The number of amides is 1. The van der Waals surface area contributed by atoms with Gasteiger partial charge < -0.3 is 15.8 Å². The normalized spacial score (nSPS) is 11.4. The largest absolute Gasteiger partial charge is 0.416 e. The molecule has 1 aromatic rings. The molecule has 0 fully saturated rings. The molecule has 0 aromatic heterocycles. The SMILES string of the molecule is COCCCNC(=O)CSc1ccc(C(F)(F)F)cc1N. The maximum absolute atomic E-state index is 12.5. The Balaban J connectivity index is 2.47. The van der Waals surface area contributed by atoms with Crippen molar-refractivity contribution < 1.29 is 22.7 Å². The molecule has 0 unspecified atom stereocenters. The van der Waals surface area contributed by atoms with E-state index in [9.17, 15) is 18.0 Å². The molecule has 0 aliphatic carbocycles. The zero-order chi connectivity index (χ0) is 15.9. The molecule has 21 heavy (non-hydrogen) atoms. The van der Waals surface area contributed by atoms with Crippen LogP contribution in [0, 0.1) is 0 Å². The lowest BCUT2D eigenvalue weighted by atomic mass is 10.2. The van der Waals surface area contributed by atoms with Crippen LogP contribution in [0.1, 0.15) is 12.0 Å². The standard InChI is InChI=1S/C13H17F3N2O2S/c1-20-6-2-5-18-12(19)8-21-11-4-3-9(7-10(11)17)13(14,15)16/h3-4,7H,2,5-6,8,17H2,1H3,(H,18,19). The van der Waals surface area contributed by atoms with E-state index in [-0.39, 0.29) is 17.3 Å². The molecule has 8 heteroatoms. The van der Waals surface area contributed by atoms with Gasteiger partial charge in [-0.2, -0.15) is 13.2 Å². The van der Waals surface area contributed by atoms with Gasteiger partial charge in [-0.3, -0.25) is 4.79 Å². The maximum atomic E-state index is 12.5. The number of carbonyl (C=O) groups is 1. The molecule has 0 saturated carbocycles. The minimum Gasteiger partial charge on any atom is -0.398 e. The number of benzene rings is 1. The Bertz CT molecular complexity index is 481. The fourth-order valence-corrected chi connectivity index (χ4v) is 2.27. The molecule has 1 amide bonds. The lowest BCUT2D eigenvalue weighted by molar-refractivity contribution is -0.137. The van der Waals surface area contributed by atoms with Crippen molar-refractivity contribution in [3.63, 3.8) is 0 Å². The lowest BCUT2D eigenvalue weighted by Crippen LogP contribution is -2.26. The van der Waals surface area contributed by atoms with Gasteiger partial charge in [0.15, 0.2) is 0 Å². The third kappa shape index (κ3) is 6.26. The van der Waals surface area contributed by atoms with Crippen molar-refractivity contribution in [1.29, 1.82) is 0 Å². The molecular weight excluding hydrogens is 305 g/mol. The highest BCUT2D eigenvalue weighted by atomic mass is 32.2. The first-order chi connectivity index (χ1) is 9.84. The number of carbonyl (C=O) groups excluding carboxylic acids is 1. The summed E-state index contributed by atoms with van der Waals surface area (Å²) in [6, 6.07) is 3.11. The molecule has 3 N–H and O–H groups in total. The second-order valence-electron chi connectivity index (χ2n) is 4.24. The first-order valence-electron chi connectivity index (χ1n) is 6.19. The topological polar surface area (TPSA) is 64.3 Å². The second kappa shape index (κ2) is 8.14. The highest BCUT2D eigenvalue weighted by Gasteiger charge is 2.30. The number of rotatable bonds is 7. The van der Waals surface area contributed by atoms with Crippen LogP contribution in [0.2, 0.25) is 0 Å². The predicted molar refractivity (Wildman–Crippen MR) is 76.1 cm³/mol. The summed E-state index contributed by atoms with van der Waals surface area (Å²) < 4.78 is 42.3. The van der Waals surface area contributed by atoms with Crippen LogP contribution >= 0.6 is 11.8 Å². The van der Waals surface area contributed by atoms with E-state index in [4.69, 9.17) is 10.5 Å². The Morgan fingerprint density at radius 1 is 1.43 bits per heavy atom. The molecule has 118 valence electrons. The van der Waals surface area contributed by atoms with Gasteiger partial charge in [-0.15, -0.1) is 11.8 Å². The van der Waals surface area contributed by atoms with Crippen LogP contribution in [0.4, 0.5) is 18.9 Å². The van der Waals surface area contributed by atoms with Gasteiger partial charge in [-0.1, -0.05) is 0 Å². The first kappa shape index (κ1) is 17.6. The zero-order valence-corrected chi connectivity index (χ0v) is 12.3. The van der Waals surface area contributed by atoms with E-state index >= 15 is 0 Å². The molecule has 0 aliphatic heterocycles. The Kier molecular flexibility index (Phi) is 6.83. The van der Waals surface area contributed by atoms with Crippen molar-refractivity contribution in [3.8, 4) is 0 Å². The van der Waals surface area contributed by atoms with Crippen molar-refractivity contribution in [2.24, 2.45) is 0 Å². The fraction of sp³-hybridized carbons (Fsp3) is 0.462. The summed E-state index contributed by atoms with van der Waals surface area (Å²) >= 11 is 1.10. The predicted octanol–water partition coefficient (Wildman–Crippen LogP) is 2.53. The minimum absolute atomic E-state index is 0.0157. The van der Waals surface area contributed by atoms with Gasteiger partial charge in [0.25, 0.3) is 0 Å². The maximum Gasteiger partial charge on any atom is 0.416 e. The van der Waals surface area contributed by atoms with E-state index in [0.29, 0.717) is 24.5 Å². The van der Waals surface area contributed by atoms with E-state index in [1.54, 1.807) is 7.11 Å². The highest BCUT2D eigenvalue weighted by molar-refractivity contribution is 8.00. The molecule has 0 atom stereocenters. The lowest BCUT2D eigenvalue weighted by Gasteiger charge is -2.10. The van der Waals surface area contributed by atoms with E-state index < -0.39 is 11.7 Å². The van der Waals surface area contributed by atoms with Gasteiger partial charge in [-0.05, 0) is 24.6 Å². The van der Waals surface area contributed by atoms with Gasteiger partial charge in [0, 0.05) is 30.8 Å². The number of halogens is 3. The molecule has 0 saturated heterocycles. The molecule has 0 bridgehead atoms. The molecule has 1 rings (SSSR count). The van der Waals surface area contributed by atoms with Gasteiger partial charge in [0.2, 0.25) is 5.91 Å². The van der Waals surface area contributed by atoms with Crippen LogP contribution in [0.3, 0.4) is 0 Å². The van der Waals surface area contributed by atoms with Gasteiger partial charge in [-0.25, -0.2) is 0 Å². The Morgan fingerprint density at radius 2 is 2.14 bits per heavy atom. The number of nitrogens with two attached hydrogens (primary N) is 1. The van der Waals surface area contributed by atoms with Crippen LogP contribution in [-0.2, 0) is 15.7 Å². The zero-order valence-electron chi connectivity index (χ0n) is 11.5. The molecule has 1 aromatic carbocycles. The van der Waals surface area contributed by atoms with Crippen molar-refractivity contribution in [1.82, 2.24) is 5.32 Å². The van der Waals surface area contributed by atoms with Crippen molar-refractivity contribution >= 4 is 23.4 Å². The van der Waals surface area contributed by atoms with Gasteiger partial charge >= 0.3 is 6.18 Å². The smallest absolute Gasteiger partial charge is 0.398 e. The highest BCUT2D eigenvalue weighted by Crippen LogP contribution is 2.34. The number of nitrogen functional groups attached to an aromatic ring is 1. The number of hydrogen-bond donors (Lipinski definition) is 2. The molecule has 0 radical (unpaired) electrons. The summed E-state index contributed by atoms with van der Waals surface area (Å²) in [4.78, 5) is 12.0. The van der Waals surface area contributed by atoms with Gasteiger partial charge in [0.1, 0.15) is 0 Å². The van der Waals surface area contributed by atoms with Crippen molar-refractivity contribution in [2.75, 3.05) is 31.7 Å². The third-order valence-electron chi connectivity index (χ3n) is 2.54. The summed E-state index contributed by atoms with van der Waals surface area (Å²) in [5.41, 5.74) is 4.79. The summed E-state index contributed by atoms with van der Waals surface area (Å²) in [5.74, 6) is -0.0990. The van der Waals surface area contributed by atoms with E-state index in [1.165, 1.54) is 6.07 Å². The molecular formula is C13H17F3N2O2S. The quantitative estimate of drug-likeness (QED) is 0.460. The number of thioether (sulfide) groups is 1. The van der Waals surface area contributed by atoms with Crippen molar-refractivity contribution in [2.45, 2.75) is 17.5 Å². The van der Waals surface area contributed by atoms with Crippen LogP contribution < -0.4 is 11.1 Å². The number of anilines is 1. The van der Waals surface area contributed by atoms with Crippen LogP contribution in [0.15, 0.2) is 23.1 Å². The van der Waals surface area contributed by atoms with Crippen LogP contribution in [0.25, 0.3) is 0 Å². The van der Waals surface area contributed by atoms with Gasteiger partial charge in [0.05, 0.1) is 11.3 Å². The summed E-state index contributed by atoms with van der Waals surface area (Å²) in [6.45, 7) is 1.05. The van der Waals surface area contributed by atoms with Crippen molar-refractivity contribution in [3.05, 3.63) is 23.8 Å². The molecule has 0 aliphatic rings. The number of ether oxygens (including phenoxy) is 1. The Morgan fingerprint density at radius 3 is 2.71 bits per heavy atom. The average Bonchev–Trinajstić information content (AvgIpc) is 2.41.